The van der Waals surface area contributed by atoms with Crippen LogP contribution in [0, 0.1) is 11.7 Å². The molecule has 1 aliphatic carbocycles. The van der Waals surface area contributed by atoms with Crippen LogP contribution in [0.5, 0.6) is 0 Å². The average Bonchev–Trinajstić information content (AvgIpc) is 2.71. The lowest BCUT2D eigenvalue weighted by atomic mass is 9.76. The van der Waals surface area contributed by atoms with Crippen molar-refractivity contribution in [1.29, 1.82) is 0 Å². The third-order valence-electron chi connectivity index (χ3n) is 5.82. The van der Waals surface area contributed by atoms with Gasteiger partial charge in [0.25, 0.3) is 5.56 Å². The van der Waals surface area contributed by atoms with E-state index in [-0.39, 0.29) is 5.56 Å². The fourth-order valence-electron chi connectivity index (χ4n) is 4.41. The van der Waals surface area contributed by atoms with Crippen molar-refractivity contribution in [2.24, 2.45) is 0 Å². The molecule has 1 fully saturated rings. The number of aromatic nitrogens is 3. The molecule has 4 nitrogen and oxygen atoms in total. The van der Waals surface area contributed by atoms with Gasteiger partial charge in [0.2, 0.25) is 0 Å². The summed E-state index contributed by atoms with van der Waals surface area (Å²) in [4.78, 5) is 23.1. The maximum Gasteiger partial charge on any atom is 0.255 e. The minimum absolute atomic E-state index is 0.0709. The fraction of sp³-hybridized carbons (Fsp3) is 0.348. The molecule has 1 saturated carbocycles. The Bertz CT molecular complexity index is 1060. The fourth-order valence-corrected chi connectivity index (χ4v) is 4.62. The van der Waals surface area contributed by atoms with Gasteiger partial charge in [-0.05, 0) is 79.9 Å². The van der Waals surface area contributed by atoms with Crippen LogP contribution in [0.1, 0.15) is 65.6 Å². The molecule has 2 aromatic heterocycles. The van der Waals surface area contributed by atoms with Gasteiger partial charge in [-0.2, -0.15) is 0 Å². The van der Waals surface area contributed by atoms with Gasteiger partial charge in [-0.1, -0.05) is 30.3 Å². The summed E-state index contributed by atoms with van der Waals surface area (Å²) in [5.41, 5.74) is 5.24. The minimum Gasteiger partial charge on any atom is -0.335 e. The van der Waals surface area contributed by atoms with Crippen molar-refractivity contribution in [1.82, 2.24) is 15.0 Å². The molecule has 2 heterocycles. The van der Waals surface area contributed by atoms with E-state index in [1.807, 2.05) is 19.1 Å². The molecule has 28 heavy (non-hydrogen) atoms. The Morgan fingerprint density at radius 1 is 1.04 bits per heavy atom. The first kappa shape index (κ1) is 18.8. The first-order valence-corrected chi connectivity index (χ1v) is 10.3. The average molecular weight is 392 g/mol. The molecular weight excluding hydrogens is 366 g/mol. The summed E-state index contributed by atoms with van der Waals surface area (Å²) < 4.78 is 0.417. The molecule has 1 aromatic carbocycles. The zero-order chi connectivity index (χ0) is 19.5. The van der Waals surface area contributed by atoms with E-state index in [1.54, 1.807) is 6.20 Å². The molecule has 5 heteroatoms. The van der Waals surface area contributed by atoms with Gasteiger partial charge >= 0.3 is 0 Å². The van der Waals surface area contributed by atoms with Crippen molar-refractivity contribution < 1.29 is 0 Å². The van der Waals surface area contributed by atoms with E-state index in [4.69, 9.17) is 12.2 Å². The van der Waals surface area contributed by atoms with Gasteiger partial charge in [0.1, 0.15) is 0 Å². The summed E-state index contributed by atoms with van der Waals surface area (Å²) in [5, 5.41) is 0. The Balaban J connectivity index is 1.59. The Kier molecular flexibility index (Phi) is 5.53. The van der Waals surface area contributed by atoms with Gasteiger partial charge < -0.3 is 4.98 Å². The van der Waals surface area contributed by atoms with Crippen molar-refractivity contribution in [3.63, 3.8) is 0 Å². The maximum atomic E-state index is 12.7. The number of nitrogens with zero attached hydrogens (tertiary/aromatic N) is 1. The molecule has 4 rings (SSSR count). The van der Waals surface area contributed by atoms with Crippen molar-refractivity contribution in [3.05, 3.63) is 91.9 Å². The van der Waals surface area contributed by atoms with Gasteiger partial charge in [-0.25, -0.2) is 0 Å². The smallest absolute Gasteiger partial charge is 0.255 e. The number of pyridine rings is 1. The number of hydrogen-bond acceptors (Lipinski definition) is 3. The topological polar surface area (TPSA) is 61.5 Å². The van der Waals surface area contributed by atoms with E-state index < -0.39 is 0 Å². The van der Waals surface area contributed by atoms with Crippen molar-refractivity contribution in [3.8, 4) is 0 Å². The first-order chi connectivity index (χ1) is 13.6. The van der Waals surface area contributed by atoms with Crippen LogP contribution in [-0.4, -0.2) is 15.0 Å². The van der Waals surface area contributed by atoms with Crippen LogP contribution in [0.25, 0.3) is 0 Å². The van der Waals surface area contributed by atoms with E-state index >= 15 is 0 Å². The van der Waals surface area contributed by atoms with Crippen LogP contribution in [0.3, 0.4) is 0 Å². The third kappa shape index (κ3) is 4.14. The number of benzene rings is 1. The van der Waals surface area contributed by atoms with E-state index in [0.29, 0.717) is 23.0 Å². The highest BCUT2D eigenvalue weighted by Crippen LogP contribution is 2.40. The lowest BCUT2D eigenvalue weighted by Crippen LogP contribution is -2.22. The van der Waals surface area contributed by atoms with Crippen LogP contribution < -0.4 is 5.56 Å². The standard InChI is InChI=1S/C23H25N3OS/c1-15-13-16(11-12-24-15)14-20-21(25-23(28)26-22(20)27)19-9-7-18(8-10-19)17-5-3-2-4-6-17/h2-6,11-13,18-19H,7-10,14H2,1H3,(H2,25,26,27,28)/t18-,19-. The Morgan fingerprint density at radius 2 is 1.75 bits per heavy atom. The predicted octanol–water partition coefficient (Wildman–Crippen LogP) is 5.17. The Hall–Kier alpha value is -2.53. The van der Waals surface area contributed by atoms with E-state index in [9.17, 15) is 4.79 Å². The SMILES string of the molecule is Cc1cc(Cc2c(=O)[nH]c(=S)[nH]c2[C@H]2CC[C@H](c3ccccc3)CC2)ccn1. The molecule has 0 amide bonds. The maximum absolute atomic E-state index is 12.7. The highest BCUT2D eigenvalue weighted by atomic mass is 32.1. The second-order valence-electron chi connectivity index (χ2n) is 7.74. The quantitative estimate of drug-likeness (QED) is 0.603. The second kappa shape index (κ2) is 8.23. The minimum atomic E-state index is -0.0709. The second-order valence-corrected chi connectivity index (χ2v) is 8.15. The molecule has 0 radical (unpaired) electrons. The van der Waals surface area contributed by atoms with Crippen LogP contribution in [-0.2, 0) is 6.42 Å². The molecule has 1 aliphatic rings. The van der Waals surface area contributed by atoms with Gasteiger partial charge in [0.15, 0.2) is 4.77 Å². The lowest BCUT2D eigenvalue weighted by Gasteiger charge is -2.29. The number of rotatable bonds is 4. The molecular formula is C23H25N3OS. The molecule has 3 aromatic rings. The van der Waals surface area contributed by atoms with Crippen LogP contribution >= 0.6 is 12.2 Å². The summed E-state index contributed by atoms with van der Waals surface area (Å²) in [5.74, 6) is 0.954. The number of nitrogens with one attached hydrogen (secondary N) is 2. The summed E-state index contributed by atoms with van der Waals surface area (Å²) in [6.45, 7) is 1.97. The molecule has 0 saturated heterocycles. The largest absolute Gasteiger partial charge is 0.335 e. The normalized spacial score (nSPS) is 19.5. The molecule has 0 spiro atoms. The molecule has 144 valence electrons. The number of aryl methyl sites for hydroxylation is 1. The molecule has 0 aliphatic heterocycles. The van der Waals surface area contributed by atoms with Crippen molar-refractivity contribution in [2.75, 3.05) is 0 Å². The molecule has 0 bridgehead atoms. The summed E-state index contributed by atoms with van der Waals surface area (Å²) in [7, 11) is 0. The van der Waals surface area contributed by atoms with Crippen LogP contribution in [0.15, 0.2) is 53.5 Å². The van der Waals surface area contributed by atoms with Crippen molar-refractivity contribution in [2.45, 2.75) is 50.9 Å². The monoisotopic (exact) mass is 391 g/mol. The first-order valence-electron chi connectivity index (χ1n) is 9.92. The molecule has 0 unspecified atom stereocenters. The van der Waals surface area contributed by atoms with Crippen LogP contribution in [0.2, 0.25) is 0 Å². The highest BCUT2D eigenvalue weighted by molar-refractivity contribution is 7.71. The molecule has 0 atom stereocenters. The van der Waals surface area contributed by atoms with Crippen LogP contribution in [0.4, 0.5) is 0 Å². The lowest BCUT2D eigenvalue weighted by molar-refractivity contribution is 0.389. The third-order valence-corrected chi connectivity index (χ3v) is 6.03. The van der Waals surface area contributed by atoms with E-state index in [0.717, 1.165) is 48.2 Å². The van der Waals surface area contributed by atoms with Gasteiger partial charge in [-0.15, -0.1) is 0 Å². The highest BCUT2D eigenvalue weighted by Gasteiger charge is 2.26. The number of hydrogen-bond donors (Lipinski definition) is 2. The number of H-pyrrole nitrogens is 2. The summed E-state index contributed by atoms with van der Waals surface area (Å²) in [6.07, 6.45) is 6.80. The molecule has 2 N–H and O–H groups in total. The van der Waals surface area contributed by atoms with Gasteiger partial charge in [0, 0.05) is 29.6 Å². The van der Waals surface area contributed by atoms with Gasteiger partial charge in [0.05, 0.1) is 0 Å². The predicted molar refractivity (Wildman–Crippen MR) is 114 cm³/mol. The Labute approximate surface area is 170 Å². The Morgan fingerprint density at radius 3 is 2.46 bits per heavy atom. The summed E-state index contributed by atoms with van der Waals surface area (Å²) >= 11 is 5.28. The summed E-state index contributed by atoms with van der Waals surface area (Å²) in [6, 6.07) is 14.8. The zero-order valence-corrected chi connectivity index (χ0v) is 16.9. The van der Waals surface area contributed by atoms with E-state index in [1.165, 1.54) is 5.56 Å². The van der Waals surface area contributed by atoms with Crippen molar-refractivity contribution >= 4 is 12.2 Å². The number of aromatic amines is 2. The zero-order valence-electron chi connectivity index (χ0n) is 16.1. The van der Waals surface area contributed by atoms with Gasteiger partial charge in [-0.3, -0.25) is 14.8 Å². The van der Waals surface area contributed by atoms with E-state index in [2.05, 4.69) is 45.3 Å².